The zero-order valence-corrected chi connectivity index (χ0v) is 14.7. The predicted octanol–water partition coefficient (Wildman–Crippen LogP) is 4.94. The van der Waals surface area contributed by atoms with Crippen LogP contribution in [0, 0.1) is 0 Å². The molecule has 2 aromatic rings. The largest absolute Gasteiger partial charge is 0.416 e. The van der Waals surface area contributed by atoms with E-state index in [1.165, 1.54) is 17.7 Å². The van der Waals surface area contributed by atoms with Crippen LogP contribution in [0.4, 0.5) is 17.6 Å². The Labute approximate surface area is 155 Å². The second kappa shape index (κ2) is 6.91. The summed E-state index contributed by atoms with van der Waals surface area (Å²) in [5.74, 6) is 0.463. The van der Waals surface area contributed by atoms with E-state index in [1.54, 1.807) is 0 Å². The van der Waals surface area contributed by atoms with Crippen LogP contribution in [0.25, 0.3) is 11.1 Å². The molecule has 2 aliphatic rings. The Morgan fingerprint density at radius 3 is 2.41 bits per heavy atom. The van der Waals surface area contributed by atoms with Crippen LogP contribution in [-0.2, 0) is 6.18 Å². The molecule has 0 saturated carbocycles. The topological polar surface area (TPSA) is 23.5 Å². The number of piperidine rings is 1. The first-order valence-corrected chi connectivity index (χ1v) is 9.16. The van der Waals surface area contributed by atoms with Crippen LogP contribution in [0.3, 0.4) is 0 Å². The van der Waals surface area contributed by atoms with E-state index in [0.717, 1.165) is 48.2 Å². The summed E-state index contributed by atoms with van der Waals surface area (Å²) >= 11 is 0. The molecule has 3 atom stereocenters. The van der Waals surface area contributed by atoms with Gasteiger partial charge in [0.1, 0.15) is 6.67 Å². The Morgan fingerprint density at radius 2 is 1.74 bits per heavy atom. The van der Waals surface area contributed by atoms with Crippen molar-refractivity contribution >= 4 is 0 Å². The highest BCUT2D eigenvalue weighted by molar-refractivity contribution is 5.66. The van der Waals surface area contributed by atoms with Gasteiger partial charge in [0.05, 0.1) is 11.7 Å². The highest BCUT2D eigenvalue weighted by Crippen LogP contribution is 2.49. The van der Waals surface area contributed by atoms with Gasteiger partial charge in [0.25, 0.3) is 0 Å². The van der Waals surface area contributed by atoms with Gasteiger partial charge in [-0.3, -0.25) is 4.90 Å². The van der Waals surface area contributed by atoms with Crippen molar-refractivity contribution in [3.05, 3.63) is 59.2 Å². The van der Waals surface area contributed by atoms with Gasteiger partial charge in [-0.25, -0.2) is 4.39 Å². The Morgan fingerprint density at radius 1 is 1.04 bits per heavy atom. The fraction of sp³-hybridized carbons (Fsp3) is 0.429. The first-order chi connectivity index (χ1) is 12.9. The first kappa shape index (κ1) is 18.4. The van der Waals surface area contributed by atoms with Crippen molar-refractivity contribution in [2.75, 3.05) is 19.8 Å². The molecule has 0 aromatic heterocycles. The summed E-state index contributed by atoms with van der Waals surface area (Å²) in [5.41, 5.74) is 3.38. The molecule has 2 aromatic carbocycles. The molecule has 0 spiro atoms. The second-order valence-electron chi connectivity index (χ2n) is 7.46. The molecule has 27 heavy (non-hydrogen) atoms. The Kier molecular flexibility index (Phi) is 4.72. The molecule has 1 fully saturated rings. The number of nitrogens with zero attached hydrogens (tertiary/aromatic N) is 1. The van der Waals surface area contributed by atoms with E-state index < -0.39 is 24.5 Å². The van der Waals surface area contributed by atoms with Crippen molar-refractivity contribution in [1.82, 2.24) is 4.90 Å². The minimum absolute atomic E-state index is 0.134. The number of fused-ring (bicyclic) bond motifs is 5. The third-order valence-corrected chi connectivity index (χ3v) is 5.77. The smallest absolute Gasteiger partial charge is 0.389 e. The minimum Gasteiger partial charge on any atom is -0.389 e. The van der Waals surface area contributed by atoms with Crippen molar-refractivity contribution in [2.45, 2.75) is 37.1 Å². The number of hydrogen-bond donors (Lipinski definition) is 1. The van der Waals surface area contributed by atoms with E-state index in [1.807, 2.05) is 12.1 Å². The van der Waals surface area contributed by atoms with E-state index in [-0.39, 0.29) is 6.04 Å². The number of hydrogen-bond acceptors (Lipinski definition) is 2. The quantitative estimate of drug-likeness (QED) is 0.761. The molecule has 1 aliphatic heterocycles. The van der Waals surface area contributed by atoms with Crippen LogP contribution < -0.4 is 0 Å². The summed E-state index contributed by atoms with van der Waals surface area (Å²) in [7, 11) is 0. The summed E-state index contributed by atoms with van der Waals surface area (Å²) in [6.07, 6.45) is -3.40. The third-order valence-electron chi connectivity index (χ3n) is 5.77. The van der Waals surface area contributed by atoms with Crippen LogP contribution >= 0.6 is 0 Å². The van der Waals surface area contributed by atoms with Crippen molar-refractivity contribution in [3.8, 4) is 11.1 Å². The third kappa shape index (κ3) is 3.48. The molecule has 1 aliphatic carbocycles. The lowest BCUT2D eigenvalue weighted by Crippen LogP contribution is -2.38. The number of alkyl halides is 4. The number of halogens is 4. The number of benzene rings is 2. The van der Waals surface area contributed by atoms with E-state index in [0.29, 0.717) is 12.5 Å². The van der Waals surface area contributed by atoms with E-state index >= 15 is 0 Å². The second-order valence-corrected chi connectivity index (χ2v) is 7.46. The Hall–Kier alpha value is -1.92. The molecule has 3 unspecified atom stereocenters. The Bertz CT molecular complexity index is 818. The number of β-amino-alcohol motifs (C(OH)–C–C–N with tert-alkyl or cyclic N) is 1. The number of aliphatic hydroxyl groups is 1. The lowest BCUT2D eigenvalue weighted by Gasteiger charge is -2.34. The zero-order chi connectivity index (χ0) is 19.2. The van der Waals surface area contributed by atoms with Crippen LogP contribution in [-0.4, -0.2) is 35.9 Å². The molecule has 1 N–H and O–H groups in total. The maximum Gasteiger partial charge on any atom is 0.416 e. The zero-order valence-electron chi connectivity index (χ0n) is 14.7. The summed E-state index contributed by atoms with van der Waals surface area (Å²) in [5, 5.41) is 9.70. The summed E-state index contributed by atoms with van der Waals surface area (Å²) < 4.78 is 51.0. The highest BCUT2D eigenvalue weighted by Gasteiger charge is 2.39. The van der Waals surface area contributed by atoms with Crippen LogP contribution in [0.2, 0.25) is 0 Å². The van der Waals surface area contributed by atoms with Crippen LogP contribution in [0.1, 0.15) is 41.5 Å². The molecular formula is C21H21F4NO. The standard InChI is InChI=1S/C21H21F4NO/c22-11-17(27)12-26-8-7-15-10-20(26)19-9-14(3-6-18(15)19)13-1-4-16(5-2-13)21(23,24)25/h1-6,9,15,17,20,27H,7-8,10-12H2. The van der Waals surface area contributed by atoms with Gasteiger partial charge in [-0.2, -0.15) is 13.2 Å². The van der Waals surface area contributed by atoms with Gasteiger partial charge < -0.3 is 5.11 Å². The maximum atomic E-state index is 12.8. The normalized spacial score (nSPS) is 23.3. The van der Waals surface area contributed by atoms with Crippen molar-refractivity contribution in [2.24, 2.45) is 0 Å². The maximum absolute atomic E-state index is 12.8. The molecule has 2 bridgehead atoms. The van der Waals surface area contributed by atoms with Gasteiger partial charge in [-0.1, -0.05) is 24.3 Å². The highest BCUT2D eigenvalue weighted by atomic mass is 19.4. The average molecular weight is 379 g/mol. The lowest BCUT2D eigenvalue weighted by atomic mass is 9.94. The van der Waals surface area contributed by atoms with E-state index in [4.69, 9.17) is 0 Å². The molecule has 1 saturated heterocycles. The molecule has 144 valence electrons. The van der Waals surface area contributed by atoms with Gasteiger partial charge in [0, 0.05) is 12.6 Å². The van der Waals surface area contributed by atoms with Gasteiger partial charge in [-0.05, 0) is 65.8 Å². The molecular weight excluding hydrogens is 358 g/mol. The summed E-state index contributed by atoms with van der Waals surface area (Å²) in [4.78, 5) is 2.13. The van der Waals surface area contributed by atoms with Gasteiger partial charge in [0.15, 0.2) is 0 Å². The summed E-state index contributed by atoms with van der Waals surface area (Å²) in [6, 6.07) is 11.4. The monoisotopic (exact) mass is 379 g/mol. The van der Waals surface area contributed by atoms with Crippen LogP contribution in [0.5, 0.6) is 0 Å². The molecule has 0 radical (unpaired) electrons. The van der Waals surface area contributed by atoms with Crippen LogP contribution in [0.15, 0.2) is 42.5 Å². The number of rotatable bonds is 4. The average Bonchev–Trinajstić information content (AvgIpc) is 2.96. The van der Waals surface area contributed by atoms with Gasteiger partial charge in [0.2, 0.25) is 0 Å². The first-order valence-electron chi connectivity index (χ1n) is 9.16. The van der Waals surface area contributed by atoms with Crippen molar-refractivity contribution in [1.29, 1.82) is 0 Å². The van der Waals surface area contributed by atoms with Gasteiger partial charge in [-0.15, -0.1) is 0 Å². The molecule has 6 heteroatoms. The van der Waals surface area contributed by atoms with E-state index in [2.05, 4.69) is 11.0 Å². The predicted molar refractivity (Wildman–Crippen MR) is 95.2 cm³/mol. The van der Waals surface area contributed by atoms with Crippen molar-refractivity contribution in [3.63, 3.8) is 0 Å². The number of likely N-dealkylation sites (tertiary alicyclic amines) is 1. The lowest BCUT2D eigenvalue weighted by molar-refractivity contribution is -0.137. The molecule has 2 nitrogen and oxygen atoms in total. The summed E-state index contributed by atoms with van der Waals surface area (Å²) in [6.45, 7) is 0.361. The minimum atomic E-state index is -4.34. The van der Waals surface area contributed by atoms with Crippen molar-refractivity contribution < 1.29 is 22.7 Å². The fourth-order valence-corrected chi connectivity index (χ4v) is 4.42. The SMILES string of the molecule is OC(CF)CN1CCC2CC1c1cc(-c3ccc(C(F)(F)F)cc3)ccc12. The Balaban J connectivity index is 1.63. The molecule has 4 rings (SSSR count). The molecule has 0 amide bonds. The fourth-order valence-electron chi connectivity index (χ4n) is 4.42. The number of aliphatic hydroxyl groups excluding tert-OH is 1. The molecule has 1 heterocycles. The van der Waals surface area contributed by atoms with Gasteiger partial charge >= 0.3 is 6.18 Å². The van der Waals surface area contributed by atoms with E-state index in [9.17, 15) is 22.7 Å².